The molecular weight excluding hydrogens is 1130 g/mol. The van der Waals surface area contributed by atoms with Gasteiger partial charge in [0.15, 0.2) is 0 Å². The zero-order chi connectivity index (χ0) is 15.0. The molecule has 1 aliphatic heterocycles. The number of hydrogen-bond acceptors (Lipinski definition) is 0. The topological polar surface area (TPSA) is 0 Å². The normalized spacial score (nSPS) is 34.0. The standard InChI is InChI=1S/Br12Si6/c1-13(2)14(3,4)16(7,8)18(11,12)17(9,10)15(13,5)6. The van der Waals surface area contributed by atoms with E-state index in [1.54, 1.807) is 0 Å². The Morgan fingerprint density at radius 1 is 0.222 bits per heavy atom. The second kappa shape index (κ2) is 6.90. The van der Waals surface area contributed by atoms with E-state index >= 15 is 0 Å². The highest BCUT2D eigenvalue weighted by Crippen LogP contribution is 2.71. The third-order valence-corrected chi connectivity index (χ3v) is 398. The largest absolute Gasteiger partial charge is 0.229 e. The Balaban J connectivity index is 3.72. The van der Waals surface area contributed by atoms with Crippen molar-refractivity contribution in [3.63, 3.8) is 0 Å². The highest BCUT2D eigenvalue weighted by molar-refractivity contribution is 9.89. The molecule has 1 rings (SSSR count). The van der Waals surface area contributed by atoms with Crippen molar-refractivity contribution in [3.8, 4) is 0 Å². The molecule has 0 aromatic rings. The van der Waals surface area contributed by atoms with E-state index in [9.17, 15) is 0 Å². The highest BCUT2D eigenvalue weighted by Gasteiger charge is 2.90. The zero-order valence-corrected chi connectivity index (χ0v) is 32.6. The minimum atomic E-state index is -1.93. The molecular formula is Br12Si6. The maximum atomic E-state index is 4.06. The van der Waals surface area contributed by atoms with Crippen LogP contribution in [0.25, 0.3) is 0 Å². The first-order chi connectivity index (χ1) is 7.50. The Morgan fingerprint density at radius 2 is 0.278 bits per heavy atom. The first-order valence-electron chi connectivity index (χ1n) is 3.77. The minimum absolute atomic E-state index is 1.93. The van der Waals surface area contributed by atoms with Crippen LogP contribution in [0.3, 0.4) is 0 Å². The van der Waals surface area contributed by atoms with Crippen molar-refractivity contribution in [2.24, 2.45) is 0 Å². The number of halogens is 12. The summed E-state index contributed by atoms with van der Waals surface area (Å²) in [6, 6.07) is 0. The lowest BCUT2D eigenvalue weighted by atomic mass is 26.0. The van der Waals surface area contributed by atoms with Gasteiger partial charge in [-0.15, -0.1) is 184 Å². The SMILES string of the molecule is Br[Si]1(Br)[Si](Br)(Br)[Si](Br)(Br)[Si](Br)(Br)[Si](Br)(Br)[Si]1(Br)Br. The Hall–Kier alpha value is 7.06. The molecule has 0 aromatic heterocycles. The monoisotopic (exact) mass is 1110 g/mol. The molecule has 0 nitrogen and oxygen atoms in total. The van der Waals surface area contributed by atoms with E-state index in [-0.39, 0.29) is 0 Å². The minimum Gasteiger partial charge on any atom is -0.114 e. The molecule has 1 fully saturated rings. The predicted octanol–water partition coefficient (Wildman–Crippen LogP) is 7.86. The fourth-order valence-corrected chi connectivity index (χ4v) is 597. The van der Waals surface area contributed by atoms with Gasteiger partial charge < -0.3 is 0 Å². The molecule has 0 atom stereocenters. The Morgan fingerprint density at radius 3 is 0.333 bits per heavy atom. The average molecular weight is 1130 g/mol. The lowest BCUT2D eigenvalue weighted by Crippen LogP contribution is -2.91. The van der Waals surface area contributed by atoms with Crippen LogP contribution in [0, 0.1) is 0 Å². The highest BCUT2D eigenvalue weighted by atomic mass is 80.0. The Bertz CT molecular complexity index is 248. The summed E-state index contributed by atoms with van der Waals surface area (Å²) < 4.78 is -11.6. The maximum Gasteiger partial charge on any atom is 0.229 e. The van der Waals surface area contributed by atoms with Crippen LogP contribution >= 0.6 is 184 Å². The van der Waals surface area contributed by atoms with Crippen LogP contribution in [0.15, 0.2) is 0 Å². The summed E-state index contributed by atoms with van der Waals surface area (Å²) in [5.41, 5.74) is 0. The molecule has 0 bridgehead atoms. The smallest absolute Gasteiger partial charge is 0.114 e. The van der Waals surface area contributed by atoms with Gasteiger partial charge in [0, 0.05) is 0 Å². The Labute approximate surface area is 204 Å². The summed E-state index contributed by atoms with van der Waals surface area (Å²) >= 11 is 48.7. The van der Waals surface area contributed by atoms with Crippen molar-refractivity contribution < 1.29 is 0 Å². The maximum absolute atomic E-state index is 4.06. The molecule has 18 heavy (non-hydrogen) atoms. The van der Waals surface area contributed by atoms with Crippen LogP contribution < -0.4 is 0 Å². The van der Waals surface area contributed by atoms with E-state index in [1.807, 2.05) is 0 Å². The molecule has 1 aliphatic rings. The van der Waals surface area contributed by atoms with Gasteiger partial charge in [-0.3, -0.25) is 0 Å². The summed E-state index contributed by atoms with van der Waals surface area (Å²) in [6.07, 6.45) is 0. The van der Waals surface area contributed by atoms with Gasteiger partial charge in [-0.25, -0.2) is 0 Å². The van der Waals surface area contributed by atoms with E-state index in [0.29, 0.717) is 0 Å². The van der Waals surface area contributed by atoms with Gasteiger partial charge in [0.1, 0.15) is 0 Å². The molecule has 0 spiro atoms. The molecule has 1 heterocycles. The molecule has 0 N–H and O–H groups in total. The third-order valence-electron chi connectivity index (χ3n) is 2.37. The van der Waals surface area contributed by atoms with Gasteiger partial charge in [-0.1, -0.05) is 0 Å². The Kier molecular flexibility index (Phi) is 8.86. The molecule has 18 heteroatoms. The van der Waals surface area contributed by atoms with Crippen molar-refractivity contribution in [2.45, 2.75) is 0 Å². The van der Waals surface area contributed by atoms with E-state index in [2.05, 4.69) is 184 Å². The summed E-state index contributed by atoms with van der Waals surface area (Å²) in [5.74, 6) is 0. The molecule has 108 valence electrons. The molecule has 0 aliphatic carbocycles. The third kappa shape index (κ3) is 3.01. The van der Waals surface area contributed by atoms with E-state index in [4.69, 9.17) is 0 Å². The van der Waals surface area contributed by atoms with Crippen molar-refractivity contribution in [1.82, 2.24) is 0 Å². The van der Waals surface area contributed by atoms with E-state index in [1.165, 1.54) is 0 Å². The predicted molar refractivity (Wildman–Crippen MR) is 142 cm³/mol. The molecule has 1 saturated heterocycles. The van der Waals surface area contributed by atoms with E-state index in [0.717, 1.165) is 0 Å². The molecule has 0 unspecified atom stereocenters. The molecule has 0 amide bonds. The molecule has 0 radical (unpaired) electrons. The van der Waals surface area contributed by atoms with Crippen LogP contribution in [-0.2, 0) is 0 Å². The van der Waals surface area contributed by atoms with Gasteiger partial charge in [0.25, 0.3) is 0 Å². The number of hydrogen-bond donors (Lipinski definition) is 0. The van der Waals surface area contributed by atoms with Crippen LogP contribution in [0.4, 0.5) is 0 Å². The quantitative estimate of drug-likeness (QED) is 0.172. The lowest BCUT2D eigenvalue weighted by molar-refractivity contribution is 3.39. The van der Waals surface area contributed by atoms with Crippen LogP contribution in [0.1, 0.15) is 0 Å². The molecule has 0 saturated carbocycles. The molecule has 0 aromatic carbocycles. The first kappa shape index (κ1) is 23.1. The van der Waals surface area contributed by atoms with Crippen molar-refractivity contribution in [3.05, 3.63) is 0 Å². The van der Waals surface area contributed by atoms with Crippen molar-refractivity contribution >= 4 is 210 Å². The van der Waals surface area contributed by atoms with Crippen molar-refractivity contribution in [2.75, 3.05) is 0 Å². The van der Waals surface area contributed by atoms with Crippen LogP contribution in [-0.4, -0.2) is 26.1 Å². The second-order valence-corrected chi connectivity index (χ2v) is 161. The zero-order valence-electron chi connectivity index (χ0n) is 7.54. The average Bonchev–Trinajstić information content (AvgIpc) is 2.14. The second-order valence-electron chi connectivity index (χ2n) is 3.45. The fraction of sp³-hybridized carbons (Fsp3) is 0. The van der Waals surface area contributed by atoms with Crippen molar-refractivity contribution in [1.29, 1.82) is 0 Å². The summed E-state index contributed by atoms with van der Waals surface area (Å²) in [5, 5.41) is 0. The number of rotatable bonds is 0. The summed E-state index contributed by atoms with van der Waals surface area (Å²) in [6.45, 7) is 0. The van der Waals surface area contributed by atoms with Gasteiger partial charge >= 0.3 is 0 Å². The summed E-state index contributed by atoms with van der Waals surface area (Å²) in [4.78, 5) is 0. The summed E-state index contributed by atoms with van der Waals surface area (Å²) in [7, 11) is 0. The first-order valence-corrected chi connectivity index (χ1v) is 48.9. The van der Waals surface area contributed by atoms with Crippen LogP contribution in [0.5, 0.6) is 0 Å². The van der Waals surface area contributed by atoms with E-state index < -0.39 is 26.1 Å². The van der Waals surface area contributed by atoms with Crippen LogP contribution in [0.2, 0.25) is 0 Å². The van der Waals surface area contributed by atoms with Gasteiger partial charge in [0.2, 0.25) is 26.1 Å². The fourth-order valence-electron chi connectivity index (χ4n) is 1.18. The van der Waals surface area contributed by atoms with Gasteiger partial charge in [0.05, 0.1) is 0 Å². The van der Waals surface area contributed by atoms with Gasteiger partial charge in [-0.2, -0.15) is 0 Å². The lowest BCUT2D eigenvalue weighted by Gasteiger charge is -2.58. The van der Waals surface area contributed by atoms with Gasteiger partial charge in [-0.05, 0) is 0 Å².